The van der Waals surface area contributed by atoms with Crippen molar-refractivity contribution in [1.29, 1.82) is 0 Å². The molecule has 3 N–H and O–H groups in total. The van der Waals surface area contributed by atoms with Crippen molar-refractivity contribution in [2.75, 3.05) is 75.4 Å². The van der Waals surface area contributed by atoms with Gasteiger partial charge in [-0.2, -0.15) is 0 Å². The van der Waals surface area contributed by atoms with Crippen LogP contribution in [0, 0.1) is 0 Å². The van der Waals surface area contributed by atoms with Gasteiger partial charge in [0.15, 0.2) is 11.6 Å². The Labute approximate surface area is 138 Å². The summed E-state index contributed by atoms with van der Waals surface area (Å²) in [5.74, 6) is 1.64. The monoisotopic (exact) mass is 319 g/mol. The summed E-state index contributed by atoms with van der Waals surface area (Å²) < 4.78 is 0. The molecule has 23 heavy (non-hydrogen) atoms. The number of hydrogen-bond acceptors (Lipinski definition) is 7. The summed E-state index contributed by atoms with van der Waals surface area (Å²) in [5.41, 5.74) is 6.99. The first-order chi connectivity index (χ1) is 11.2. The molecule has 2 saturated heterocycles. The van der Waals surface area contributed by atoms with Crippen molar-refractivity contribution >= 4 is 17.3 Å². The van der Waals surface area contributed by atoms with Gasteiger partial charge < -0.3 is 25.8 Å². The van der Waals surface area contributed by atoms with Crippen LogP contribution in [-0.4, -0.2) is 79.2 Å². The van der Waals surface area contributed by atoms with Gasteiger partial charge in [0, 0.05) is 39.3 Å². The Morgan fingerprint density at radius 1 is 1.04 bits per heavy atom. The van der Waals surface area contributed by atoms with Gasteiger partial charge in [0.2, 0.25) is 0 Å². The van der Waals surface area contributed by atoms with Crippen LogP contribution in [0.15, 0.2) is 6.33 Å². The summed E-state index contributed by atoms with van der Waals surface area (Å²) in [6.45, 7) is 8.37. The molecule has 0 saturated carbocycles. The number of nitrogens with zero attached hydrogens (tertiary/aromatic N) is 5. The highest BCUT2D eigenvalue weighted by molar-refractivity contribution is 5.75. The molecular formula is C16H29N7. The average molecular weight is 319 g/mol. The second-order valence-corrected chi connectivity index (χ2v) is 6.58. The van der Waals surface area contributed by atoms with Crippen molar-refractivity contribution in [1.82, 2.24) is 19.8 Å². The van der Waals surface area contributed by atoms with E-state index in [-0.39, 0.29) is 0 Å². The van der Waals surface area contributed by atoms with Gasteiger partial charge >= 0.3 is 0 Å². The molecule has 128 valence electrons. The third-order valence-corrected chi connectivity index (χ3v) is 4.83. The van der Waals surface area contributed by atoms with Crippen LogP contribution in [-0.2, 0) is 0 Å². The molecular weight excluding hydrogens is 290 g/mol. The third-order valence-electron chi connectivity index (χ3n) is 4.83. The molecule has 1 aromatic heterocycles. The zero-order chi connectivity index (χ0) is 16.1. The quantitative estimate of drug-likeness (QED) is 0.828. The number of likely N-dealkylation sites (N-methyl/N-ethyl adjacent to an activating group) is 1. The maximum Gasteiger partial charge on any atom is 0.157 e. The molecule has 0 radical (unpaired) electrons. The van der Waals surface area contributed by atoms with Crippen LogP contribution in [0.5, 0.6) is 0 Å². The van der Waals surface area contributed by atoms with Crippen LogP contribution in [0.25, 0.3) is 0 Å². The Balaban J connectivity index is 1.56. The number of piperazine rings is 1. The number of aromatic nitrogens is 2. The second-order valence-electron chi connectivity index (χ2n) is 6.58. The minimum absolute atomic E-state index is 0.677. The Bertz CT molecular complexity index is 493. The molecule has 0 spiro atoms. The molecule has 1 aromatic rings. The molecule has 0 amide bonds. The Hall–Kier alpha value is -1.60. The van der Waals surface area contributed by atoms with Crippen molar-refractivity contribution in [2.45, 2.75) is 19.3 Å². The summed E-state index contributed by atoms with van der Waals surface area (Å²) in [6, 6.07) is 0. The molecule has 3 heterocycles. The zero-order valence-corrected chi connectivity index (χ0v) is 14.2. The Kier molecular flexibility index (Phi) is 5.51. The lowest BCUT2D eigenvalue weighted by Crippen LogP contribution is -2.45. The summed E-state index contributed by atoms with van der Waals surface area (Å²) in [4.78, 5) is 15.8. The molecule has 3 rings (SSSR count). The highest BCUT2D eigenvalue weighted by atomic mass is 15.3. The minimum atomic E-state index is 0.677. The molecule has 2 aliphatic heterocycles. The molecule has 7 nitrogen and oxygen atoms in total. The standard InChI is InChI=1S/C16H29N7/c1-21-9-11-23(12-10-21)16-14(17)15(19-13-20-16)18-5-8-22-6-3-2-4-7-22/h13H,2-12,17H2,1H3,(H,18,19,20). The highest BCUT2D eigenvalue weighted by Gasteiger charge is 2.19. The number of nitrogen functional groups attached to an aromatic ring is 1. The van der Waals surface area contributed by atoms with Crippen LogP contribution in [0.2, 0.25) is 0 Å². The fourth-order valence-corrected chi connectivity index (χ4v) is 3.31. The molecule has 0 aliphatic carbocycles. The lowest BCUT2D eigenvalue weighted by Gasteiger charge is -2.33. The molecule has 0 atom stereocenters. The van der Waals surface area contributed by atoms with Crippen LogP contribution in [0.3, 0.4) is 0 Å². The maximum atomic E-state index is 6.31. The second kappa shape index (κ2) is 7.79. The SMILES string of the molecule is CN1CCN(c2ncnc(NCCN3CCCCC3)c2N)CC1. The smallest absolute Gasteiger partial charge is 0.157 e. The van der Waals surface area contributed by atoms with Gasteiger partial charge in [-0.25, -0.2) is 9.97 Å². The van der Waals surface area contributed by atoms with E-state index in [0.717, 1.165) is 50.9 Å². The minimum Gasteiger partial charge on any atom is -0.393 e. The first-order valence-corrected chi connectivity index (χ1v) is 8.74. The van der Waals surface area contributed by atoms with Crippen molar-refractivity contribution in [3.63, 3.8) is 0 Å². The number of nitrogens with two attached hydrogens (primary N) is 1. The number of piperidine rings is 1. The van der Waals surface area contributed by atoms with Crippen LogP contribution in [0.4, 0.5) is 17.3 Å². The van der Waals surface area contributed by atoms with E-state index < -0.39 is 0 Å². The Morgan fingerprint density at radius 2 is 1.78 bits per heavy atom. The van der Waals surface area contributed by atoms with E-state index in [9.17, 15) is 0 Å². The molecule has 0 bridgehead atoms. The van der Waals surface area contributed by atoms with Gasteiger partial charge in [0.05, 0.1) is 0 Å². The van der Waals surface area contributed by atoms with Gasteiger partial charge in [-0.1, -0.05) is 6.42 Å². The summed E-state index contributed by atoms with van der Waals surface area (Å²) in [7, 11) is 2.15. The summed E-state index contributed by atoms with van der Waals surface area (Å²) in [5, 5.41) is 3.39. The number of hydrogen-bond donors (Lipinski definition) is 2. The fourth-order valence-electron chi connectivity index (χ4n) is 3.31. The Morgan fingerprint density at radius 3 is 2.52 bits per heavy atom. The fraction of sp³-hybridized carbons (Fsp3) is 0.750. The van der Waals surface area contributed by atoms with E-state index in [1.807, 2.05) is 0 Å². The lowest BCUT2D eigenvalue weighted by atomic mass is 10.1. The normalized spacial score (nSPS) is 20.7. The summed E-state index contributed by atoms with van der Waals surface area (Å²) in [6.07, 6.45) is 5.64. The van der Waals surface area contributed by atoms with E-state index in [1.54, 1.807) is 6.33 Å². The molecule has 0 unspecified atom stereocenters. The van der Waals surface area contributed by atoms with Gasteiger partial charge in [0.25, 0.3) is 0 Å². The van der Waals surface area contributed by atoms with Gasteiger partial charge in [-0.05, 0) is 33.0 Å². The predicted octanol–water partition coefficient (Wildman–Crippen LogP) is 0.708. The molecule has 2 fully saturated rings. The van der Waals surface area contributed by atoms with Crippen LogP contribution >= 0.6 is 0 Å². The van der Waals surface area contributed by atoms with Crippen LogP contribution < -0.4 is 16.0 Å². The zero-order valence-electron chi connectivity index (χ0n) is 14.2. The van der Waals surface area contributed by atoms with Gasteiger partial charge in [0.1, 0.15) is 12.0 Å². The van der Waals surface area contributed by atoms with Crippen molar-refractivity contribution in [3.8, 4) is 0 Å². The molecule has 2 aliphatic rings. The van der Waals surface area contributed by atoms with Crippen molar-refractivity contribution in [3.05, 3.63) is 6.33 Å². The third kappa shape index (κ3) is 4.23. The maximum absolute atomic E-state index is 6.31. The average Bonchev–Trinajstić information content (AvgIpc) is 2.58. The number of nitrogens with one attached hydrogen (secondary N) is 1. The summed E-state index contributed by atoms with van der Waals surface area (Å²) >= 11 is 0. The first kappa shape index (κ1) is 16.3. The van der Waals surface area contributed by atoms with E-state index >= 15 is 0 Å². The number of rotatable bonds is 5. The van der Waals surface area contributed by atoms with E-state index in [2.05, 4.69) is 37.0 Å². The van der Waals surface area contributed by atoms with E-state index in [0.29, 0.717) is 5.69 Å². The van der Waals surface area contributed by atoms with Gasteiger partial charge in [-0.15, -0.1) is 0 Å². The number of anilines is 3. The van der Waals surface area contributed by atoms with E-state index in [4.69, 9.17) is 5.73 Å². The van der Waals surface area contributed by atoms with Crippen molar-refractivity contribution < 1.29 is 0 Å². The van der Waals surface area contributed by atoms with Gasteiger partial charge in [-0.3, -0.25) is 0 Å². The van der Waals surface area contributed by atoms with E-state index in [1.165, 1.54) is 32.4 Å². The molecule has 7 heteroatoms. The van der Waals surface area contributed by atoms with Crippen LogP contribution in [0.1, 0.15) is 19.3 Å². The lowest BCUT2D eigenvalue weighted by molar-refractivity contribution is 0.237. The predicted molar refractivity (Wildman–Crippen MR) is 94.9 cm³/mol. The highest BCUT2D eigenvalue weighted by Crippen LogP contribution is 2.26. The first-order valence-electron chi connectivity index (χ1n) is 8.74. The van der Waals surface area contributed by atoms with Crippen molar-refractivity contribution in [2.24, 2.45) is 0 Å². The largest absolute Gasteiger partial charge is 0.393 e. The topological polar surface area (TPSA) is 73.6 Å². The number of likely N-dealkylation sites (tertiary alicyclic amines) is 1. The molecule has 0 aromatic carbocycles.